The highest BCUT2D eigenvalue weighted by atomic mass is 16.2. The highest BCUT2D eigenvalue weighted by Crippen LogP contribution is 2.29. The molecule has 0 radical (unpaired) electrons. The number of rotatable bonds is 3. The van der Waals surface area contributed by atoms with Gasteiger partial charge in [-0.2, -0.15) is 0 Å². The van der Waals surface area contributed by atoms with E-state index in [1.165, 1.54) is 19.3 Å². The fraction of sp³-hybridized carbons (Fsp3) is 0.929. The minimum Gasteiger partial charge on any atom is -0.342 e. The highest BCUT2D eigenvalue weighted by Gasteiger charge is 2.33. The average Bonchev–Trinajstić information content (AvgIpc) is 2.90. The number of nitrogens with zero attached hydrogens (tertiary/aromatic N) is 1. The Balaban J connectivity index is 1.91. The van der Waals surface area contributed by atoms with Crippen LogP contribution < -0.4 is 5.32 Å². The summed E-state index contributed by atoms with van der Waals surface area (Å²) in [6, 6.07) is 0.604. The fourth-order valence-electron chi connectivity index (χ4n) is 3.46. The molecule has 0 spiro atoms. The molecule has 0 aromatic rings. The number of hydrogen-bond acceptors (Lipinski definition) is 2. The van der Waals surface area contributed by atoms with Crippen molar-refractivity contribution in [3.63, 3.8) is 0 Å². The van der Waals surface area contributed by atoms with E-state index < -0.39 is 0 Å². The molecule has 2 atom stereocenters. The Hall–Kier alpha value is -0.570. The molecule has 1 saturated carbocycles. The van der Waals surface area contributed by atoms with E-state index >= 15 is 0 Å². The van der Waals surface area contributed by atoms with Crippen LogP contribution in [0.2, 0.25) is 0 Å². The SMILES string of the molecule is CCC1CN(C(=O)C2CCCC2)CCC1NC. The molecular formula is C14H26N2O. The summed E-state index contributed by atoms with van der Waals surface area (Å²) in [4.78, 5) is 14.5. The van der Waals surface area contributed by atoms with Gasteiger partial charge in [0.25, 0.3) is 0 Å². The number of carbonyl (C=O) groups excluding carboxylic acids is 1. The number of hydrogen-bond donors (Lipinski definition) is 1. The van der Waals surface area contributed by atoms with E-state index in [9.17, 15) is 4.79 Å². The zero-order chi connectivity index (χ0) is 12.3. The van der Waals surface area contributed by atoms with Crippen molar-refractivity contribution in [2.24, 2.45) is 11.8 Å². The molecule has 1 aliphatic carbocycles. The minimum atomic E-state index is 0.346. The Morgan fingerprint density at radius 1 is 1.29 bits per heavy atom. The Morgan fingerprint density at radius 3 is 2.59 bits per heavy atom. The van der Waals surface area contributed by atoms with Crippen molar-refractivity contribution in [2.45, 2.75) is 51.5 Å². The maximum Gasteiger partial charge on any atom is 0.225 e. The number of amides is 1. The van der Waals surface area contributed by atoms with Gasteiger partial charge in [0.05, 0.1) is 0 Å². The van der Waals surface area contributed by atoms with E-state index in [4.69, 9.17) is 0 Å². The van der Waals surface area contributed by atoms with Gasteiger partial charge >= 0.3 is 0 Å². The third-order valence-electron chi connectivity index (χ3n) is 4.65. The summed E-state index contributed by atoms with van der Waals surface area (Å²) < 4.78 is 0. The van der Waals surface area contributed by atoms with Crippen LogP contribution in [-0.2, 0) is 4.79 Å². The standard InChI is InChI=1S/C14H26N2O/c1-3-11-10-16(9-8-13(11)15-2)14(17)12-6-4-5-7-12/h11-13,15H,3-10H2,1-2H3. The van der Waals surface area contributed by atoms with Gasteiger partial charge < -0.3 is 10.2 Å². The second kappa shape index (κ2) is 5.85. The summed E-state index contributed by atoms with van der Waals surface area (Å²) in [7, 11) is 2.04. The van der Waals surface area contributed by atoms with Crippen molar-refractivity contribution in [3.8, 4) is 0 Å². The van der Waals surface area contributed by atoms with E-state index in [0.717, 1.165) is 32.4 Å². The third-order valence-corrected chi connectivity index (χ3v) is 4.65. The second-order valence-corrected chi connectivity index (χ2v) is 5.62. The van der Waals surface area contributed by atoms with Gasteiger partial charge in [0, 0.05) is 25.0 Å². The van der Waals surface area contributed by atoms with Crippen LogP contribution in [0.5, 0.6) is 0 Å². The van der Waals surface area contributed by atoms with Gasteiger partial charge in [-0.1, -0.05) is 26.2 Å². The highest BCUT2D eigenvalue weighted by molar-refractivity contribution is 5.79. The fourth-order valence-corrected chi connectivity index (χ4v) is 3.46. The largest absolute Gasteiger partial charge is 0.342 e. The molecule has 0 aromatic heterocycles. The van der Waals surface area contributed by atoms with Crippen molar-refractivity contribution >= 4 is 5.91 Å². The Labute approximate surface area is 105 Å². The van der Waals surface area contributed by atoms with E-state index in [-0.39, 0.29) is 0 Å². The maximum absolute atomic E-state index is 12.4. The maximum atomic E-state index is 12.4. The van der Waals surface area contributed by atoms with Gasteiger partial charge in [0.15, 0.2) is 0 Å². The van der Waals surface area contributed by atoms with E-state index in [2.05, 4.69) is 17.1 Å². The lowest BCUT2D eigenvalue weighted by molar-refractivity contribution is -0.137. The summed E-state index contributed by atoms with van der Waals surface area (Å²) in [5.74, 6) is 1.42. The van der Waals surface area contributed by atoms with Crippen molar-refractivity contribution in [2.75, 3.05) is 20.1 Å². The summed E-state index contributed by atoms with van der Waals surface area (Å²) in [6.07, 6.45) is 7.04. The molecule has 3 nitrogen and oxygen atoms in total. The van der Waals surface area contributed by atoms with Crippen LogP contribution in [0.25, 0.3) is 0 Å². The van der Waals surface area contributed by atoms with Crippen molar-refractivity contribution in [1.82, 2.24) is 10.2 Å². The molecule has 1 heterocycles. The summed E-state index contributed by atoms with van der Waals surface area (Å²) in [6.45, 7) is 4.16. The summed E-state index contributed by atoms with van der Waals surface area (Å²) >= 11 is 0. The number of piperidine rings is 1. The zero-order valence-corrected chi connectivity index (χ0v) is 11.2. The molecule has 1 N–H and O–H groups in total. The quantitative estimate of drug-likeness (QED) is 0.816. The molecule has 2 unspecified atom stereocenters. The zero-order valence-electron chi connectivity index (χ0n) is 11.2. The van der Waals surface area contributed by atoms with Gasteiger partial charge in [-0.05, 0) is 32.2 Å². The molecule has 17 heavy (non-hydrogen) atoms. The first-order valence-electron chi connectivity index (χ1n) is 7.22. The normalized spacial score (nSPS) is 30.8. The molecule has 1 amide bonds. The molecule has 2 rings (SSSR count). The van der Waals surface area contributed by atoms with Crippen LogP contribution >= 0.6 is 0 Å². The number of nitrogens with one attached hydrogen (secondary N) is 1. The van der Waals surface area contributed by atoms with Gasteiger partial charge in [0.2, 0.25) is 5.91 Å². The summed E-state index contributed by atoms with van der Waals surface area (Å²) in [5, 5.41) is 3.40. The first kappa shape index (κ1) is 12.9. The molecule has 1 saturated heterocycles. The molecule has 0 bridgehead atoms. The average molecular weight is 238 g/mol. The predicted octanol–water partition coefficient (Wildman–Crippen LogP) is 2.02. The predicted molar refractivity (Wildman–Crippen MR) is 69.8 cm³/mol. The smallest absolute Gasteiger partial charge is 0.225 e. The first-order chi connectivity index (χ1) is 8.26. The van der Waals surface area contributed by atoms with E-state index in [1.54, 1.807) is 0 Å². The lowest BCUT2D eigenvalue weighted by atomic mass is 9.89. The van der Waals surface area contributed by atoms with Crippen LogP contribution in [0.4, 0.5) is 0 Å². The Bertz CT molecular complexity index is 261. The molecule has 0 aromatic carbocycles. The number of likely N-dealkylation sites (tertiary alicyclic amines) is 1. The van der Waals surface area contributed by atoms with Gasteiger partial charge in [-0.15, -0.1) is 0 Å². The lowest BCUT2D eigenvalue weighted by Crippen LogP contribution is -2.51. The summed E-state index contributed by atoms with van der Waals surface area (Å²) in [5.41, 5.74) is 0. The van der Waals surface area contributed by atoms with Gasteiger partial charge in [-0.25, -0.2) is 0 Å². The second-order valence-electron chi connectivity index (χ2n) is 5.62. The van der Waals surface area contributed by atoms with Crippen LogP contribution in [0.3, 0.4) is 0 Å². The van der Waals surface area contributed by atoms with Crippen LogP contribution in [0.1, 0.15) is 45.4 Å². The Kier molecular flexibility index (Phi) is 4.43. The molecule has 2 fully saturated rings. The first-order valence-corrected chi connectivity index (χ1v) is 7.22. The van der Waals surface area contributed by atoms with E-state index in [1.807, 2.05) is 7.05 Å². The molecular weight excluding hydrogens is 212 g/mol. The van der Waals surface area contributed by atoms with Gasteiger partial charge in [-0.3, -0.25) is 4.79 Å². The Morgan fingerprint density at radius 2 is 2.00 bits per heavy atom. The van der Waals surface area contributed by atoms with Crippen molar-refractivity contribution in [1.29, 1.82) is 0 Å². The van der Waals surface area contributed by atoms with E-state index in [0.29, 0.717) is 23.8 Å². The molecule has 1 aliphatic heterocycles. The van der Waals surface area contributed by atoms with Crippen LogP contribution in [0.15, 0.2) is 0 Å². The topological polar surface area (TPSA) is 32.3 Å². The number of carbonyl (C=O) groups is 1. The molecule has 3 heteroatoms. The van der Waals surface area contributed by atoms with Crippen molar-refractivity contribution < 1.29 is 4.79 Å². The molecule has 98 valence electrons. The molecule has 2 aliphatic rings. The monoisotopic (exact) mass is 238 g/mol. The minimum absolute atomic E-state index is 0.346. The lowest BCUT2D eigenvalue weighted by Gasteiger charge is -2.39. The van der Waals surface area contributed by atoms with Gasteiger partial charge in [0.1, 0.15) is 0 Å². The van der Waals surface area contributed by atoms with Crippen LogP contribution in [0, 0.1) is 11.8 Å². The van der Waals surface area contributed by atoms with Crippen molar-refractivity contribution in [3.05, 3.63) is 0 Å². The third kappa shape index (κ3) is 2.82. The van der Waals surface area contributed by atoms with Crippen LogP contribution in [-0.4, -0.2) is 37.0 Å².